The molecule has 0 radical (unpaired) electrons. The largest absolute Gasteiger partial charge is 0.374 e. The van der Waals surface area contributed by atoms with Crippen LogP contribution in [0.5, 0.6) is 0 Å². The Hall–Kier alpha value is -3.82. The Bertz CT molecular complexity index is 1440. The SMILES string of the molecule is Cc1cn([C@@H]2O[C@H](COCc3ccccc3)[C@H](OCc3ccccc3)[C@H]2OCc2ccccc2)c(=O)[nH]c1=O. The average Bonchev–Trinajstić information content (AvgIpc) is 3.31. The summed E-state index contributed by atoms with van der Waals surface area (Å²) in [5, 5.41) is 0. The Morgan fingerprint density at radius 2 is 1.26 bits per heavy atom. The summed E-state index contributed by atoms with van der Waals surface area (Å²) >= 11 is 0. The number of rotatable bonds is 11. The third-order valence-electron chi connectivity index (χ3n) is 6.67. The van der Waals surface area contributed by atoms with Gasteiger partial charge < -0.3 is 18.9 Å². The highest BCUT2D eigenvalue weighted by atomic mass is 16.6. The summed E-state index contributed by atoms with van der Waals surface area (Å²) in [5.41, 5.74) is 2.41. The highest BCUT2D eigenvalue weighted by Crippen LogP contribution is 2.34. The maximum Gasteiger partial charge on any atom is 0.330 e. The van der Waals surface area contributed by atoms with Crippen molar-refractivity contribution >= 4 is 0 Å². The summed E-state index contributed by atoms with van der Waals surface area (Å²) in [4.78, 5) is 27.3. The number of aromatic nitrogens is 2. The third kappa shape index (κ3) is 6.79. The molecule has 202 valence electrons. The number of benzene rings is 3. The molecule has 1 aliphatic heterocycles. The van der Waals surface area contributed by atoms with Crippen LogP contribution in [0.1, 0.15) is 28.5 Å². The minimum absolute atomic E-state index is 0.229. The molecule has 0 amide bonds. The van der Waals surface area contributed by atoms with Gasteiger partial charge in [0.25, 0.3) is 5.56 Å². The molecule has 1 saturated heterocycles. The molecule has 0 spiro atoms. The van der Waals surface area contributed by atoms with Gasteiger partial charge in [0.2, 0.25) is 0 Å². The normalized spacial score (nSPS) is 20.7. The number of H-pyrrole nitrogens is 1. The first-order valence-electron chi connectivity index (χ1n) is 13.0. The lowest BCUT2D eigenvalue weighted by Gasteiger charge is -2.25. The van der Waals surface area contributed by atoms with Gasteiger partial charge in [-0.15, -0.1) is 0 Å². The lowest BCUT2D eigenvalue weighted by Crippen LogP contribution is -2.41. The van der Waals surface area contributed by atoms with Crippen LogP contribution in [0, 0.1) is 6.92 Å². The Kier molecular flexibility index (Phi) is 8.80. The van der Waals surface area contributed by atoms with Gasteiger partial charge in [0, 0.05) is 11.8 Å². The van der Waals surface area contributed by atoms with Crippen LogP contribution < -0.4 is 11.2 Å². The van der Waals surface area contributed by atoms with Gasteiger partial charge in [-0.2, -0.15) is 0 Å². The number of hydrogen-bond acceptors (Lipinski definition) is 6. The summed E-state index contributed by atoms with van der Waals surface area (Å²) in [5.74, 6) is 0. The predicted octanol–water partition coefficient (Wildman–Crippen LogP) is 4.13. The monoisotopic (exact) mass is 528 g/mol. The quantitative estimate of drug-likeness (QED) is 0.315. The molecule has 0 saturated carbocycles. The molecule has 1 aromatic heterocycles. The van der Waals surface area contributed by atoms with Gasteiger partial charge in [-0.05, 0) is 23.6 Å². The molecule has 1 fully saturated rings. The fourth-order valence-electron chi connectivity index (χ4n) is 4.62. The van der Waals surface area contributed by atoms with Crippen LogP contribution in [0.15, 0.2) is 107 Å². The number of nitrogens with zero attached hydrogens (tertiary/aromatic N) is 1. The zero-order chi connectivity index (χ0) is 27.0. The van der Waals surface area contributed by atoms with E-state index in [1.165, 1.54) is 10.8 Å². The molecule has 1 aliphatic rings. The molecular formula is C31H32N2O6. The summed E-state index contributed by atoms with van der Waals surface area (Å²) in [6, 6.07) is 29.5. The molecule has 8 heteroatoms. The van der Waals surface area contributed by atoms with E-state index >= 15 is 0 Å². The van der Waals surface area contributed by atoms with E-state index in [4.69, 9.17) is 18.9 Å². The first-order valence-corrected chi connectivity index (χ1v) is 13.0. The van der Waals surface area contributed by atoms with E-state index < -0.39 is 35.8 Å². The zero-order valence-electron chi connectivity index (χ0n) is 21.8. The van der Waals surface area contributed by atoms with Gasteiger partial charge in [0.05, 0.1) is 26.4 Å². The first kappa shape index (κ1) is 26.8. The van der Waals surface area contributed by atoms with Crippen molar-refractivity contribution in [1.29, 1.82) is 0 Å². The summed E-state index contributed by atoms with van der Waals surface area (Å²) < 4.78 is 26.7. The van der Waals surface area contributed by atoms with Crippen molar-refractivity contribution in [2.45, 2.75) is 51.3 Å². The minimum Gasteiger partial charge on any atom is -0.374 e. The van der Waals surface area contributed by atoms with Gasteiger partial charge in [-0.1, -0.05) is 91.0 Å². The Balaban J connectivity index is 1.43. The van der Waals surface area contributed by atoms with Crippen LogP contribution >= 0.6 is 0 Å². The lowest BCUT2D eigenvalue weighted by atomic mass is 10.1. The maximum absolute atomic E-state index is 12.9. The lowest BCUT2D eigenvalue weighted by molar-refractivity contribution is -0.0921. The van der Waals surface area contributed by atoms with Crippen LogP contribution in [0.3, 0.4) is 0 Å². The second-order valence-corrected chi connectivity index (χ2v) is 9.57. The molecule has 1 N–H and O–H groups in total. The van der Waals surface area contributed by atoms with Gasteiger partial charge in [-0.25, -0.2) is 4.79 Å². The average molecular weight is 529 g/mol. The molecule has 4 aromatic rings. The standard InChI is InChI=1S/C31H32N2O6/c1-22-17-33(31(35)32-29(22)34)30-28(38-20-25-15-9-4-10-16-25)27(37-19-24-13-7-3-8-14-24)26(39-30)21-36-18-23-11-5-2-6-12-23/h2-17,26-28,30H,18-21H2,1H3,(H,32,34,35)/t26-,27+,28-,30-/m1/s1. The second kappa shape index (κ2) is 12.8. The molecule has 3 aromatic carbocycles. The van der Waals surface area contributed by atoms with E-state index in [1.807, 2.05) is 91.0 Å². The van der Waals surface area contributed by atoms with E-state index in [-0.39, 0.29) is 6.61 Å². The van der Waals surface area contributed by atoms with Crippen molar-refractivity contribution in [3.63, 3.8) is 0 Å². The van der Waals surface area contributed by atoms with Crippen molar-refractivity contribution in [3.8, 4) is 0 Å². The summed E-state index contributed by atoms with van der Waals surface area (Å²) in [6.45, 7) is 2.91. The van der Waals surface area contributed by atoms with Crippen LogP contribution in [-0.2, 0) is 38.8 Å². The molecule has 39 heavy (non-hydrogen) atoms. The molecule has 2 heterocycles. The highest BCUT2D eigenvalue weighted by Gasteiger charge is 2.48. The van der Waals surface area contributed by atoms with Crippen LogP contribution in [0.2, 0.25) is 0 Å². The molecule has 0 aliphatic carbocycles. The summed E-state index contributed by atoms with van der Waals surface area (Å²) in [6.07, 6.45) is -1.05. The molecular weight excluding hydrogens is 496 g/mol. The van der Waals surface area contributed by atoms with Crippen molar-refractivity contribution < 1.29 is 18.9 Å². The van der Waals surface area contributed by atoms with Gasteiger partial charge in [-0.3, -0.25) is 14.3 Å². The molecule has 8 nitrogen and oxygen atoms in total. The predicted molar refractivity (Wildman–Crippen MR) is 146 cm³/mol. The van der Waals surface area contributed by atoms with Crippen molar-refractivity contribution in [1.82, 2.24) is 9.55 Å². The molecule has 5 rings (SSSR count). The molecule has 4 atom stereocenters. The van der Waals surface area contributed by atoms with Crippen molar-refractivity contribution in [3.05, 3.63) is 140 Å². The van der Waals surface area contributed by atoms with Gasteiger partial charge in [0.15, 0.2) is 6.23 Å². The number of aryl methyl sites for hydroxylation is 1. The number of hydrogen-bond donors (Lipinski definition) is 1. The van der Waals surface area contributed by atoms with E-state index in [9.17, 15) is 9.59 Å². The maximum atomic E-state index is 12.9. The van der Waals surface area contributed by atoms with E-state index in [2.05, 4.69) is 4.98 Å². The smallest absolute Gasteiger partial charge is 0.330 e. The number of nitrogens with one attached hydrogen (secondary N) is 1. The Morgan fingerprint density at radius 3 is 1.82 bits per heavy atom. The number of aromatic amines is 1. The Labute approximate surface area is 226 Å². The van der Waals surface area contributed by atoms with Gasteiger partial charge in [0.1, 0.15) is 18.3 Å². The van der Waals surface area contributed by atoms with Gasteiger partial charge >= 0.3 is 5.69 Å². The van der Waals surface area contributed by atoms with E-state index in [1.54, 1.807) is 6.92 Å². The first-order chi connectivity index (χ1) is 19.1. The molecule has 0 bridgehead atoms. The Morgan fingerprint density at radius 1 is 0.744 bits per heavy atom. The van der Waals surface area contributed by atoms with E-state index in [0.717, 1.165) is 16.7 Å². The van der Waals surface area contributed by atoms with Crippen molar-refractivity contribution in [2.24, 2.45) is 0 Å². The fourth-order valence-corrected chi connectivity index (χ4v) is 4.62. The number of ether oxygens (including phenoxy) is 4. The van der Waals surface area contributed by atoms with Crippen LogP contribution in [-0.4, -0.2) is 34.5 Å². The fraction of sp³-hybridized carbons (Fsp3) is 0.290. The minimum atomic E-state index is -0.831. The third-order valence-corrected chi connectivity index (χ3v) is 6.67. The van der Waals surface area contributed by atoms with Crippen LogP contribution in [0.4, 0.5) is 0 Å². The van der Waals surface area contributed by atoms with Crippen molar-refractivity contribution in [2.75, 3.05) is 6.61 Å². The zero-order valence-corrected chi connectivity index (χ0v) is 21.8. The molecule has 0 unspecified atom stereocenters. The van der Waals surface area contributed by atoms with E-state index in [0.29, 0.717) is 25.4 Å². The van der Waals surface area contributed by atoms with Crippen LogP contribution in [0.25, 0.3) is 0 Å². The summed E-state index contributed by atoms with van der Waals surface area (Å²) in [7, 11) is 0. The second-order valence-electron chi connectivity index (χ2n) is 9.57. The topological polar surface area (TPSA) is 91.8 Å². The highest BCUT2D eigenvalue weighted by molar-refractivity contribution is 5.15.